The summed E-state index contributed by atoms with van der Waals surface area (Å²) in [5, 5.41) is 17.2. The fourth-order valence-electron chi connectivity index (χ4n) is 4.65. The molecule has 190 valence electrons. The number of amides is 1. The third-order valence-corrected chi connectivity index (χ3v) is 6.93. The molecule has 0 aliphatic carbocycles. The molecule has 3 N–H and O–H groups in total. The molecule has 2 aliphatic rings. The highest BCUT2D eigenvalue weighted by Gasteiger charge is 2.23. The van der Waals surface area contributed by atoms with Crippen LogP contribution in [0, 0.1) is 0 Å². The third-order valence-electron chi connectivity index (χ3n) is 6.64. The van der Waals surface area contributed by atoms with Crippen molar-refractivity contribution < 1.29 is 19.4 Å². The van der Waals surface area contributed by atoms with Gasteiger partial charge in [0.15, 0.2) is 0 Å². The Kier molecular flexibility index (Phi) is 7.69. The van der Waals surface area contributed by atoms with Gasteiger partial charge in [0.2, 0.25) is 5.91 Å². The van der Waals surface area contributed by atoms with Gasteiger partial charge in [0, 0.05) is 43.0 Å². The minimum absolute atomic E-state index is 0.00276. The molecular formula is C26H30ClN5O4. The minimum Gasteiger partial charge on any atom is -0.490 e. The quantitative estimate of drug-likeness (QED) is 0.421. The highest BCUT2D eigenvalue weighted by atomic mass is 35.5. The zero-order valence-corrected chi connectivity index (χ0v) is 20.7. The maximum atomic E-state index is 11.7. The molecule has 9 nitrogen and oxygen atoms in total. The molecule has 0 saturated carbocycles. The number of fused-ring (bicyclic) bond motifs is 1. The number of piperidine rings is 1. The smallest absolute Gasteiger partial charge is 0.248 e. The first-order valence-electron chi connectivity index (χ1n) is 12.3. The number of aliphatic hydroxyl groups is 1. The molecule has 1 unspecified atom stereocenters. The van der Waals surface area contributed by atoms with E-state index in [1.165, 1.54) is 12.7 Å². The van der Waals surface area contributed by atoms with E-state index in [1.807, 2.05) is 36.4 Å². The molecule has 10 heteroatoms. The average Bonchev–Trinajstić information content (AvgIpc) is 3.42. The summed E-state index contributed by atoms with van der Waals surface area (Å²) >= 11 is 6.50. The minimum atomic E-state index is -0.453. The zero-order valence-electron chi connectivity index (χ0n) is 20.0. The maximum Gasteiger partial charge on any atom is 0.248 e. The number of aromatic nitrogens is 2. The number of nitrogens with one attached hydrogen (secondary N) is 2. The van der Waals surface area contributed by atoms with Gasteiger partial charge in [0.1, 0.15) is 43.0 Å². The second kappa shape index (κ2) is 11.3. The fraction of sp³-hybridized carbons (Fsp3) is 0.423. The van der Waals surface area contributed by atoms with Gasteiger partial charge in [0.25, 0.3) is 0 Å². The number of halogens is 1. The van der Waals surface area contributed by atoms with E-state index in [2.05, 4.69) is 20.6 Å². The SMILES string of the molecule is O=C(CO)N1CCC(Oc2ccc3ncnc(Nc4ccc(OCC5CCCN5)c(Cl)c4)c3c2)CC1. The van der Waals surface area contributed by atoms with E-state index in [9.17, 15) is 4.79 Å². The number of carbonyl (C=O) groups excluding carboxylic acids is 1. The molecule has 0 radical (unpaired) electrons. The number of carbonyl (C=O) groups is 1. The molecule has 36 heavy (non-hydrogen) atoms. The van der Waals surface area contributed by atoms with Gasteiger partial charge in [-0.1, -0.05) is 11.6 Å². The van der Waals surface area contributed by atoms with Crippen LogP contribution in [0.5, 0.6) is 11.5 Å². The summed E-state index contributed by atoms with van der Waals surface area (Å²) in [6.07, 6.45) is 5.24. The lowest BCUT2D eigenvalue weighted by atomic mass is 10.1. The van der Waals surface area contributed by atoms with Gasteiger partial charge in [-0.25, -0.2) is 9.97 Å². The van der Waals surface area contributed by atoms with Gasteiger partial charge >= 0.3 is 0 Å². The van der Waals surface area contributed by atoms with Crippen LogP contribution in [0.2, 0.25) is 5.02 Å². The van der Waals surface area contributed by atoms with Crippen LogP contribution in [0.1, 0.15) is 25.7 Å². The predicted octanol–water partition coefficient (Wildman–Crippen LogP) is 3.52. The lowest BCUT2D eigenvalue weighted by Crippen LogP contribution is -2.42. The number of likely N-dealkylation sites (tertiary alicyclic amines) is 1. The number of hydrogen-bond donors (Lipinski definition) is 3. The lowest BCUT2D eigenvalue weighted by Gasteiger charge is -2.31. The van der Waals surface area contributed by atoms with E-state index >= 15 is 0 Å². The van der Waals surface area contributed by atoms with Crippen LogP contribution in [0.4, 0.5) is 11.5 Å². The van der Waals surface area contributed by atoms with E-state index in [0.717, 1.165) is 35.3 Å². The van der Waals surface area contributed by atoms with Crippen LogP contribution in [0.25, 0.3) is 10.9 Å². The Bertz CT molecular complexity index is 1210. The summed E-state index contributed by atoms with van der Waals surface area (Å²) in [5.41, 5.74) is 1.58. The largest absolute Gasteiger partial charge is 0.490 e. The van der Waals surface area contributed by atoms with Crippen molar-refractivity contribution >= 4 is 39.9 Å². The summed E-state index contributed by atoms with van der Waals surface area (Å²) in [4.78, 5) is 22.2. The molecule has 2 saturated heterocycles. The monoisotopic (exact) mass is 511 g/mol. The second-order valence-corrected chi connectivity index (χ2v) is 9.54. The van der Waals surface area contributed by atoms with Crippen LogP contribution >= 0.6 is 11.6 Å². The van der Waals surface area contributed by atoms with E-state index in [4.69, 9.17) is 26.2 Å². The normalized spacial score (nSPS) is 18.4. The molecule has 1 aromatic heterocycles. The highest BCUT2D eigenvalue weighted by molar-refractivity contribution is 6.32. The van der Waals surface area contributed by atoms with Crippen LogP contribution in [0.15, 0.2) is 42.7 Å². The van der Waals surface area contributed by atoms with Crippen LogP contribution in [-0.4, -0.2) is 70.9 Å². The summed E-state index contributed by atoms with van der Waals surface area (Å²) < 4.78 is 12.1. The Morgan fingerprint density at radius 3 is 2.78 bits per heavy atom. The van der Waals surface area contributed by atoms with Gasteiger partial charge < -0.3 is 30.1 Å². The first-order valence-corrected chi connectivity index (χ1v) is 12.7. The Labute approximate surface area is 214 Å². The number of hydrogen-bond acceptors (Lipinski definition) is 8. The summed E-state index contributed by atoms with van der Waals surface area (Å²) in [6.45, 7) is 2.33. The van der Waals surface area contributed by atoms with Gasteiger partial charge in [-0.3, -0.25) is 4.79 Å². The zero-order chi connectivity index (χ0) is 24.9. The number of benzene rings is 2. The Hall–Kier alpha value is -3.14. The predicted molar refractivity (Wildman–Crippen MR) is 138 cm³/mol. The Morgan fingerprint density at radius 1 is 1.17 bits per heavy atom. The molecule has 0 spiro atoms. The first kappa shape index (κ1) is 24.5. The number of ether oxygens (including phenoxy) is 2. The van der Waals surface area contributed by atoms with Crippen LogP contribution in [-0.2, 0) is 4.79 Å². The van der Waals surface area contributed by atoms with Gasteiger partial charge in [-0.05, 0) is 55.8 Å². The number of anilines is 2. The molecule has 2 fully saturated rings. The van der Waals surface area contributed by atoms with Crippen molar-refractivity contribution in [1.82, 2.24) is 20.2 Å². The third kappa shape index (κ3) is 5.80. The van der Waals surface area contributed by atoms with Crippen molar-refractivity contribution in [2.75, 3.05) is 38.2 Å². The van der Waals surface area contributed by atoms with Crippen molar-refractivity contribution in [3.05, 3.63) is 47.7 Å². The maximum absolute atomic E-state index is 11.7. The van der Waals surface area contributed by atoms with Crippen molar-refractivity contribution in [3.63, 3.8) is 0 Å². The molecule has 1 atom stereocenters. The average molecular weight is 512 g/mol. The number of aliphatic hydroxyl groups excluding tert-OH is 1. The molecule has 3 aromatic rings. The van der Waals surface area contributed by atoms with Crippen molar-refractivity contribution in [3.8, 4) is 11.5 Å². The molecule has 3 heterocycles. The molecule has 2 aromatic carbocycles. The Balaban J connectivity index is 1.26. The molecule has 2 aliphatic heterocycles. The molecular weight excluding hydrogens is 482 g/mol. The lowest BCUT2D eigenvalue weighted by molar-refractivity contribution is -0.135. The Morgan fingerprint density at radius 2 is 2.03 bits per heavy atom. The van der Waals surface area contributed by atoms with Crippen LogP contribution in [0.3, 0.4) is 0 Å². The number of nitrogens with zero attached hydrogens (tertiary/aromatic N) is 3. The standard InChI is InChI=1S/C26H30ClN5O4/c27-22-12-17(3-6-24(22)35-15-18-2-1-9-28-18)31-26-21-13-20(4-5-23(21)29-16-30-26)36-19-7-10-32(11-8-19)25(34)14-33/h3-6,12-13,16,18-19,28,33H,1-2,7-11,14-15H2,(H,29,30,31). The fourth-order valence-corrected chi connectivity index (χ4v) is 4.88. The molecule has 1 amide bonds. The van der Waals surface area contributed by atoms with Crippen molar-refractivity contribution in [1.29, 1.82) is 0 Å². The summed E-state index contributed by atoms with van der Waals surface area (Å²) in [5.74, 6) is 1.78. The summed E-state index contributed by atoms with van der Waals surface area (Å²) in [7, 11) is 0. The van der Waals surface area contributed by atoms with E-state index in [1.54, 1.807) is 4.90 Å². The van der Waals surface area contributed by atoms with E-state index in [0.29, 0.717) is 55.2 Å². The van der Waals surface area contributed by atoms with Crippen LogP contribution < -0.4 is 20.1 Å². The van der Waals surface area contributed by atoms with E-state index in [-0.39, 0.29) is 12.0 Å². The first-order chi connectivity index (χ1) is 17.6. The van der Waals surface area contributed by atoms with Gasteiger partial charge in [-0.15, -0.1) is 0 Å². The number of rotatable bonds is 8. The van der Waals surface area contributed by atoms with Crippen molar-refractivity contribution in [2.45, 2.75) is 37.8 Å². The summed E-state index contributed by atoms with van der Waals surface area (Å²) in [6, 6.07) is 11.7. The highest BCUT2D eigenvalue weighted by Crippen LogP contribution is 2.32. The molecule has 5 rings (SSSR count). The van der Waals surface area contributed by atoms with E-state index < -0.39 is 6.61 Å². The second-order valence-electron chi connectivity index (χ2n) is 9.13. The van der Waals surface area contributed by atoms with Gasteiger partial charge in [0.05, 0.1) is 10.5 Å². The topological polar surface area (TPSA) is 109 Å². The van der Waals surface area contributed by atoms with Crippen molar-refractivity contribution in [2.24, 2.45) is 0 Å². The van der Waals surface area contributed by atoms with Gasteiger partial charge in [-0.2, -0.15) is 0 Å². The molecule has 0 bridgehead atoms.